The van der Waals surface area contributed by atoms with Gasteiger partial charge in [0.2, 0.25) is 0 Å². The highest BCUT2D eigenvalue weighted by molar-refractivity contribution is 7.07. The van der Waals surface area contributed by atoms with Crippen molar-refractivity contribution in [1.82, 2.24) is 5.32 Å². The van der Waals surface area contributed by atoms with E-state index >= 15 is 0 Å². The Hall–Kier alpha value is -0.380. The molecular weight excluding hydrogens is 180 g/mol. The van der Waals surface area contributed by atoms with E-state index in [0.717, 1.165) is 13.1 Å². The lowest BCUT2D eigenvalue weighted by molar-refractivity contribution is 0.458. The minimum absolute atomic E-state index is 0.263. The lowest BCUT2D eigenvalue weighted by Crippen LogP contribution is -2.37. The standard InChI is InChI=1S/C10H18N2S/c1-8(2)10(11)6-12-5-9-3-4-13-7-9/h3-4,7-8,10,12H,5-6,11H2,1-2H3. The molecule has 0 radical (unpaired) electrons. The topological polar surface area (TPSA) is 38.0 Å². The average molecular weight is 198 g/mol. The van der Waals surface area contributed by atoms with Crippen LogP contribution in [-0.4, -0.2) is 12.6 Å². The van der Waals surface area contributed by atoms with E-state index in [9.17, 15) is 0 Å². The third-order valence-corrected chi connectivity index (χ3v) is 2.88. The van der Waals surface area contributed by atoms with Crippen LogP contribution < -0.4 is 11.1 Å². The largest absolute Gasteiger partial charge is 0.326 e. The summed E-state index contributed by atoms with van der Waals surface area (Å²) in [4.78, 5) is 0. The molecule has 0 amide bonds. The molecule has 1 rings (SSSR count). The Morgan fingerprint density at radius 3 is 2.85 bits per heavy atom. The first-order chi connectivity index (χ1) is 6.20. The summed E-state index contributed by atoms with van der Waals surface area (Å²) in [7, 11) is 0. The van der Waals surface area contributed by atoms with E-state index < -0.39 is 0 Å². The lowest BCUT2D eigenvalue weighted by Gasteiger charge is -2.15. The van der Waals surface area contributed by atoms with Crippen LogP contribution >= 0.6 is 11.3 Å². The maximum Gasteiger partial charge on any atom is 0.0214 e. The highest BCUT2D eigenvalue weighted by atomic mass is 32.1. The Bertz CT molecular complexity index is 219. The molecule has 74 valence electrons. The van der Waals surface area contributed by atoms with Gasteiger partial charge in [0.15, 0.2) is 0 Å². The molecule has 1 aromatic heterocycles. The van der Waals surface area contributed by atoms with Crippen molar-refractivity contribution in [2.75, 3.05) is 6.54 Å². The minimum Gasteiger partial charge on any atom is -0.326 e. The van der Waals surface area contributed by atoms with Crippen LogP contribution in [0.4, 0.5) is 0 Å². The third-order valence-electron chi connectivity index (χ3n) is 2.15. The van der Waals surface area contributed by atoms with Crippen LogP contribution in [-0.2, 0) is 6.54 Å². The summed E-state index contributed by atoms with van der Waals surface area (Å²) in [5.74, 6) is 0.551. The fourth-order valence-electron chi connectivity index (χ4n) is 1.01. The van der Waals surface area contributed by atoms with Crippen LogP contribution in [0.5, 0.6) is 0 Å². The second kappa shape index (κ2) is 5.37. The monoisotopic (exact) mass is 198 g/mol. The number of thiophene rings is 1. The van der Waals surface area contributed by atoms with Gasteiger partial charge in [0.05, 0.1) is 0 Å². The van der Waals surface area contributed by atoms with Crippen LogP contribution in [0.15, 0.2) is 16.8 Å². The second-order valence-electron chi connectivity index (χ2n) is 3.67. The molecule has 0 aromatic carbocycles. The van der Waals surface area contributed by atoms with Gasteiger partial charge in [0.25, 0.3) is 0 Å². The molecule has 0 bridgehead atoms. The predicted octanol–water partition coefficient (Wildman–Crippen LogP) is 1.82. The number of hydrogen-bond donors (Lipinski definition) is 2. The number of nitrogens with two attached hydrogens (primary N) is 1. The first-order valence-corrected chi connectivity index (χ1v) is 5.62. The zero-order valence-electron chi connectivity index (χ0n) is 8.29. The molecule has 3 N–H and O–H groups in total. The highest BCUT2D eigenvalue weighted by Crippen LogP contribution is 2.05. The van der Waals surface area contributed by atoms with Gasteiger partial charge >= 0.3 is 0 Å². The molecule has 0 saturated heterocycles. The summed E-state index contributed by atoms with van der Waals surface area (Å²) < 4.78 is 0. The Morgan fingerprint density at radius 2 is 2.31 bits per heavy atom. The summed E-state index contributed by atoms with van der Waals surface area (Å²) in [6.45, 7) is 6.13. The van der Waals surface area contributed by atoms with Crippen molar-refractivity contribution in [2.24, 2.45) is 11.7 Å². The van der Waals surface area contributed by atoms with Crippen LogP contribution in [0.1, 0.15) is 19.4 Å². The van der Waals surface area contributed by atoms with E-state index in [4.69, 9.17) is 5.73 Å². The average Bonchev–Trinajstić information content (AvgIpc) is 2.56. The van der Waals surface area contributed by atoms with Gasteiger partial charge < -0.3 is 11.1 Å². The van der Waals surface area contributed by atoms with Crippen LogP contribution in [0.2, 0.25) is 0 Å². The zero-order valence-corrected chi connectivity index (χ0v) is 9.10. The first-order valence-electron chi connectivity index (χ1n) is 4.67. The van der Waals surface area contributed by atoms with E-state index in [1.54, 1.807) is 11.3 Å². The maximum absolute atomic E-state index is 5.90. The Balaban J connectivity index is 2.14. The zero-order chi connectivity index (χ0) is 9.68. The van der Waals surface area contributed by atoms with Gasteiger partial charge in [-0.25, -0.2) is 0 Å². The molecular formula is C10H18N2S. The number of rotatable bonds is 5. The quantitative estimate of drug-likeness (QED) is 0.757. The fourth-order valence-corrected chi connectivity index (χ4v) is 1.68. The van der Waals surface area contributed by atoms with Gasteiger partial charge in [-0.2, -0.15) is 11.3 Å². The molecule has 0 fully saturated rings. The molecule has 0 aliphatic carbocycles. The predicted molar refractivity (Wildman–Crippen MR) is 58.8 cm³/mol. The molecule has 1 unspecified atom stereocenters. The van der Waals surface area contributed by atoms with Crippen molar-refractivity contribution >= 4 is 11.3 Å². The van der Waals surface area contributed by atoms with Gasteiger partial charge in [-0.15, -0.1) is 0 Å². The Labute approximate surface area is 84.2 Å². The maximum atomic E-state index is 5.90. The van der Waals surface area contributed by atoms with Gasteiger partial charge in [-0.1, -0.05) is 13.8 Å². The van der Waals surface area contributed by atoms with E-state index in [1.165, 1.54) is 5.56 Å². The normalized spacial score (nSPS) is 13.5. The van der Waals surface area contributed by atoms with Crippen molar-refractivity contribution in [1.29, 1.82) is 0 Å². The van der Waals surface area contributed by atoms with Crippen molar-refractivity contribution in [3.63, 3.8) is 0 Å². The van der Waals surface area contributed by atoms with Gasteiger partial charge in [-0.05, 0) is 28.3 Å². The van der Waals surface area contributed by atoms with Gasteiger partial charge in [-0.3, -0.25) is 0 Å². The number of hydrogen-bond acceptors (Lipinski definition) is 3. The van der Waals surface area contributed by atoms with E-state index in [1.807, 2.05) is 0 Å². The van der Waals surface area contributed by atoms with Crippen molar-refractivity contribution in [3.05, 3.63) is 22.4 Å². The molecule has 0 aliphatic rings. The van der Waals surface area contributed by atoms with E-state index in [-0.39, 0.29) is 6.04 Å². The molecule has 0 saturated carbocycles. The Kier molecular flexibility index (Phi) is 4.42. The summed E-state index contributed by atoms with van der Waals surface area (Å²) in [6, 6.07) is 2.40. The first kappa shape index (κ1) is 10.7. The van der Waals surface area contributed by atoms with E-state index in [2.05, 4.69) is 36.0 Å². The summed E-state index contributed by atoms with van der Waals surface area (Å²) in [5, 5.41) is 7.61. The SMILES string of the molecule is CC(C)C(N)CNCc1ccsc1. The summed E-state index contributed by atoms with van der Waals surface area (Å²) in [5.41, 5.74) is 7.24. The lowest BCUT2D eigenvalue weighted by atomic mass is 10.1. The van der Waals surface area contributed by atoms with Crippen molar-refractivity contribution < 1.29 is 0 Å². The van der Waals surface area contributed by atoms with Gasteiger partial charge in [0, 0.05) is 19.1 Å². The third kappa shape index (κ3) is 3.89. The van der Waals surface area contributed by atoms with Crippen molar-refractivity contribution in [2.45, 2.75) is 26.4 Å². The van der Waals surface area contributed by atoms with E-state index in [0.29, 0.717) is 5.92 Å². The molecule has 0 spiro atoms. The molecule has 2 nitrogen and oxygen atoms in total. The second-order valence-corrected chi connectivity index (χ2v) is 4.45. The molecule has 1 atom stereocenters. The van der Waals surface area contributed by atoms with Crippen molar-refractivity contribution in [3.8, 4) is 0 Å². The minimum atomic E-state index is 0.263. The van der Waals surface area contributed by atoms with Crippen LogP contribution in [0.3, 0.4) is 0 Å². The summed E-state index contributed by atoms with van der Waals surface area (Å²) >= 11 is 1.73. The highest BCUT2D eigenvalue weighted by Gasteiger charge is 2.05. The molecule has 1 heterocycles. The fraction of sp³-hybridized carbons (Fsp3) is 0.600. The molecule has 13 heavy (non-hydrogen) atoms. The summed E-state index contributed by atoms with van der Waals surface area (Å²) in [6.07, 6.45) is 0. The Morgan fingerprint density at radius 1 is 1.54 bits per heavy atom. The smallest absolute Gasteiger partial charge is 0.0214 e. The van der Waals surface area contributed by atoms with Crippen LogP contribution in [0, 0.1) is 5.92 Å². The molecule has 1 aromatic rings. The number of nitrogens with one attached hydrogen (secondary N) is 1. The van der Waals surface area contributed by atoms with Gasteiger partial charge in [0.1, 0.15) is 0 Å². The van der Waals surface area contributed by atoms with Crippen LogP contribution in [0.25, 0.3) is 0 Å². The molecule has 3 heteroatoms. The molecule has 0 aliphatic heterocycles.